The van der Waals surface area contributed by atoms with Gasteiger partial charge in [-0.1, -0.05) is 45.9 Å². The van der Waals surface area contributed by atoms with Crippen LogP contribution >= 0.6 is 0 Å². The van der Waals surface area contributed by atoms with Crippen molar-refractivity contribution >= 4 is 16.8 Å². The van der Waals surface area contributed by atoms with E-state index in [1.54, 1.807) is 0 Å². The maximum atomic E-state index is 12.0. The third-order valence-electron chi connectivity index (χ3n) is 3.49. The van der Waals surface area contributed by atoms with Crippen LogP contribution in [-0.2, 0) is 0 Å². The standard InChI is InChI=1S/C16H20O2/c1-5-11(4)13-8-6-7-12-9-14(18-16(12)13)15(17)10(2)3/h6-11H,5H2,1-4H3. The lowest BCUT2D eigenvalue weighted by atomic mass is 9.97. The fourth-order valence-electron chi connectivity index (χ4n) is 2.10. The molecule has 0 amide bonds. The van der Waals surface area contributed by atoms with Crippen LogP contribution in [0.5, 0.6) is 0 Å². The summed E-state index contributed by atoms with van der Waals surface area (Å²) in [4.78, 5) is 12.0. The molecule has 1 atom stereocenters. The summed E-state index contributed by atoms with van der Waals surface area (Å²) in [6.07, 6.45) is 1.06. The lowest BCUT2D eigenvalue weighted by molar-refractivity contribution is 0.0913. The smallest absolute Gasteiger partial charge is 0.200 e. The maximum Gasteiger partial charge on any atom is 0.200 e. The topological polar surface area (TPSA) is 30.2 Å². The van der Waals surface area contributed by atoms with E-state index in [9.17, 15) is 4.79 Å². The Hall–Kier alpha value is -1.57. The summed E-state index contributed by atoms with van der Waals surface area (Å²) in [5.74, 6) is 0.969. The SMILES string of the molecule is CCC(C)c1cccc2cc(C(=O)C(C)C)oc12. The molecule has 1 aromatic heterocycles. The number of furan rings is 1. The molecule has 2 aromatic rings. The lowest BCUT2D eigenvalue weighted by Crippen LogP contribution is -2.05. The number of Topliss-reactive ketones (excluding diaryl/α,β-unsaturated/α-hetero) is 1. The average molecular weight is 244 g/mol. The highest BCUT2D eigenvalue weighted by Crippen LogP contribution is 2.30. The van der Waals surface area contributed by atoms with Gasteiger partial charge in [-0.2, -0.15) is 0 Å². The number of carbonyl (C=O) groups excluding carboxylic acids is 1. The van der Waals surface area contributed by atoms with E-state index in [1.807, 2.05) is 32.0 Å². The van der Waals surface area contributed by atoms with Gasteiger partial charge in [0.2, 0.25) is 5.78 Å². The first-order chi connectivity index (χ1) is 8.54. The van der Waals surface area contributed by atoms with E-state index in [0.717, 1.165) is 17.4 Å². The number of carbonyl (C=O) groups is 1. The van der Waals surface area contributed by atoms with E-state index in [4.69, 9.17) is 4.42 Å². The van der Waals surface area contributed by atoms with Crippen LogP contribution in [0.4, 0.5) is 0 Å². The highest BCUT2D eigenvalue weighted by atomic mass is 16.3. The van der Waals surface area contributed by atoms with Crippen molar-refractivity contribution in [3.05, 3.63) is 35.6 Å². The predicted molar refractivity (Wildman–Crippen MR) is 74.1 cm³/mol. The van der Waals surface area contributed by atoms with Gasteiger partial charge in [0.05, 0.1) is 0 Å². The summed E-state index contributed by atoms with van der Waals surface area (Å²) < 4.78 is 5.80. The molecule has 0 bridgehead atoms. The third kappa shape index (κ3) is 2.20. The summed E-state index contributed by atoms with van der Waals surface area (Å²) in [7, 11) is 0. The van der Waals surface area contributed by atoms with Gasteiger partial charge in [0, 0.05) is 11.3 Å². The van der Waals surface area contributed by atoms with E-state index in [2.05, 4.69) is 19.9 Å². The number of para-hydroxylation sites is 1. The number of hydrogen-bond acceptors (Lipinski definition) is 2. The maximum absolute atomic E-state index is 12.0. The fourth-order valence-corrected chi connectivity index (χ4v) is 2.10. The van der Waals surface area contributed by atoms with Crippen LogP contribution in [0.3, 0.4) is 0 Å². The molecule has 18 heavy (non-hydrogen) atoms. The molecule has 2 rings (SSSR count). The van der Waals surface area contributed by atoms with Crippen molar-refractivity contribution in [2.24, 2.45) is 5.92 Å². The van der Waals surface area contributed by atoms with E-state index in [0.29, 0.717) is 11.7 Å². The zero-order chi connectivity index (χ0) is 13.3. The van der Waals surface area contributed by atoms with Crippen molar-refractivity contribution in [3.8, 4) is 0 Å². The largest absolute Gasteiger partial charge is 0.453 e. The van der Waals surface area contributed by atoms with E-state index >= 15 is 0 Å². The summed E-state index contributed by atoms with van der Waals surface area (Å²) in [5, 5.41) is 1.02. The molecule has 0 N–H and O–H groups in total. The quantitative estimate of drug-likeness (QED) is 0.724. The second kappa shape index (κ2) is 4.97. The van der Waals surface area contributed by atoms with Crippen LogP contribution in [0.25, 0.3) is 11.0 Å². The number of ketones is 1. The van der Waals surface area contributed by atoms with Gasteiger partial charge in [-0.3, -0.25) is 4.79 Å². The molecule has 0 saturated carbocycles. The van der Waals surface area contributed by atoms with Crippen molar-refractivity contribution < 1.29 is 9.21 Å². The Morgan fingerprint density at radius 1 is 1.28 bits per heavy atom. The van der Waals surface area contributed by atoms with Crippen molar-refractivity contribution in [2.75, 3.05) is 0 Å². The molecule has 0 aliphatic heterocycles. The Morgan fingerprint density at radius 2 is 2.00 bits per heavy atom. The van der Waals surface area contributed by atoms with Crippen LogP contribution in [-0.4, -0.2) is 5.78 Å². The van der Waals surface area contributed by atoms with Gasteiger partial charge in [0.25, 0.3) is 0 Å². The number of benzene rings is 1. The van der Waals surface area contributed by atoms with Gasteiger partial charge in [-0.25, -0.2) is 0 Å². The monoisotopic (exact) mass is 244 g/mol. The van der Waals surface area contributed by atoms with Gasteiger partial charge in [-0.05, 0) is 24.0 Å². The normalized spacial score (nSPS) is 13.2. The number of rotatable bonds is 4. The van der Waals surface area contributed by atoms with Crippen LogP contribution in [0.15, 0.2) is 28.7 Å². The molecule has 0 fully saturated rings. The molecule has 96 valence electrons. The third-order valence-corrected chi connectivity index (χ3v) is 3.49. The van der Waals surface area contributed by atoms with Gasteiger partial charge in [0.1, 0.15) is 5.58 Å². The zero-order valence-electron chi connectivity index (χ0n) is 11.5. The van der Waals surface area contributed by atoms with Crippen LogP contribution in [0.1, 0.15) is 56.2 Å². The van der Waals surface area contributed by atoms with Crippen LogP contribution in [0, 0.1) is 5.92 Å². The van der Waals surface area contributed by atoms with Gasteiger partial charge in [-0.15, -0.1) is 0 Å². The first-order valence-corrected chi connectivity index (χ1v) is 6.61. The van der Waals surface area contributed by atoms with Gasteiger partial charge >= 0.3 is 0 Å². The predicted octanol–water partition coefficient (Wildman–Crippen LogP) is 4.79. The zero-order valence-corrected chi connectivity index (χ0v) is 11.5. The Labute approximate surface area is 108 Å². The van der Waals surface area contributed by atoms with E-state index < -0.39 is 0 Å². The minimum atomic E-state index is -0.0300. The summed E-state index contributed by atoms with van der Waals surface area (Å²) in [6.45, 7) is 8.13. The molecule has 2 nitrogen and oxygen atoms in total. The van der Waals surface area contributed by atoms with E-state index in [1.165, 1.54) is 5.56 Å². The van der Waals surface area contributed by atoms with Crippen molar-refractivity contribution in [1.82, 2.24) is 0 Å². The fraction of sp³-hybridized carbons (Fsp3) is 0.438. The van der Waals surface area contributed by atoms with Crippen LogP contribution < -0.4 is 0 Å². The van der Waals surface area contributed by atoms with E-state index in [-0.39, 0.29) is 11.7 Å². The molecule has 0 radical (unpaired) electrons. The molecule has 0 spiro atoms. The molecule has 1 aromatic carbocycles. The molecule has 1 heterocycles. The lowest BCUT2D eigenvalue weighted by Gasteiger charge is -2.08. The molecule has 0 saturated heterocycles. The molecular weight excluding hydrogens is 224 g/mol. The van der Waals surface area contributed by atoms with Crippen LogP contribution in [0.2, 0.25) is 0 Å². The first kappa shape index (κ1) is 12.9. The minimum absolute atomic E-state index is 0.0300. The number of fused-ring (bicyclic) bond motifs is 1. The van der Waals surface area contributed by atoms with Crippen molar-refractivity contribution in [2.45, 2.75) is 40.0 Å². The molecule has 0 aliphatic rings. The summed E-state index contributed by atoms with van der Waals surface area (Å²) >= 11 is 0. The molecule has 1 unspecified atom stereocenters. The molecule has 0 aliphatic carbocycles. The molecule has 2 heteroatoms. The van der Waals surface area contributed by atoms with Crippen molar-refractivity contribution in [1.29, 1.82) is 0 Å². The van der Waals surface area contributed by atoms with Gasteiger partial charge in [0.15, 0.2) is 5.76 Å². The Morgan fingerprint density at radius 3 is 2.61 bits per heavy atom. The highest BCUT2D eigenvalue weighted by Gasteiger charge is 2.18. The highest BCUT2D eigenvalue weighted by molar-refractivity contribution is 5.99. The average Bonchev–Trinajstić information content (AvgIpc) is 2.80. The molecular formula is C16H20O2. The number of hydrogen-bond donors (Lipinski definition) is 0. The minimum Gasteiger partial charge on any atom is -0.453 e. The Balaban J connectivity index is 2.54. The second-order valence-electron chi connectivity index (χ2n) is 5.20. The Bertz CT molecular complexity index is 563. The van der Waals surface area contributed by atoms with Crippen molar-refractivity contribution in [3.63, 3.8) is 0 Å². The summed E-state index contributed by atoms with van der Waals surface area (Å²) in [5.41, 5.74) is 2.06. The Kier molecular flexibility index (Phi) is 3.55. The summed E-state index contributed by atoms with van der Waals surface area (Å²) in [6, 6.07) is 7.98. The first-order valence-electron chi connectivity index (χ1n) is 6.61. The van der Waals surface area contributed by atoms with Gasteiger partial charge < -0.3 is 4.42 Å². The second-order valence-corrected chi connectivity index (χ2v) is 5.20.